The van der Waals surface area contributed by atoms with Crippen LogP contribution in [-0.4, -0.2) is 33.1 Å². The fourth-order valence-electron chi connectivity index (χ4n) is 3.49. The van der Waals surface area contributed by atoms with Crippen molar-refractivity contribution in [2.45, 2.75) is 38.6 Å². The number of carbonyl (C=O) groups is 2. The van der Waals surface area contributed by atoms with Gasteiger partial charge in [-0.3, -0.25) is 19.0 Å². The van der Waals surface area contributed by atoms with Gasteiger partial charge in [-0.25, -0.2) is 4.98 Å². The van der Waals surface area contributed by atoms with E-state index in [0.29, 0.717) is 30.3 Å². The van der Waals surface area contributed by atoms with Gasteiger partial charge >= 0.3 is 5.97 Å². The summed E-state index contributed by atoms with van der Waals surface area (Å²) in [5.74, 6) is -0.940. The SMILES string of the molecule is C[C@@H](C(=O)NCC1CCC(C(=O)O)CC1)n1cnc2ccccc2c1=O. The van der Waals surface area contributed by atoms with E-state index in [1.165, 1.54) is 10.9 Å². The number of carboxylic acids is 1. The van der Waals surface area contributed by atoms with E-state index in [4.69, 9.17) is 5.11 Å². The second-order valence-electron chi connectivity index (χ2n) is 6.95. The minimum Gasteiger partial charge on any atom is -0.481 e. The number of fused-ring (bicyclic) bond motifs is 1. The van der Waals surface area contributed by atoms with Gasteiger partial charge in [-0.05, 0) is 50.7 Å². The molecule has 7 nitrogen and oxygen atoms in total. The van der Waals surface area contributed by atoms with Crippen LogP contribution in [0.5, 0.6) is 0 Å². The third kappa shape index (κ3) is 3.76. The Balaban J connectivity index is 1.61. The van der Waals surface area contributed by atoms with Gasteiger partial charge in [0, 0.05) is 6.54 Å². The second kappa shape index (κ2) is 7.68. The normalized spacial score (nSPS) is 21.3. The number of hydrogen-bond acceptors (Lipinski definition) is 4. The van der Waals surface area contributed by atoms with Crippen molar-refractivity contribution in [2.24, 2.45) is 11.8 Å². The van der Waals surface area contributed by atoms with Crippen molar-refractivity contribution in [3.8, 4) is 0 Å². The van der Waals surface area contributed by atoms with Crippen molar-refractivity contribution in [1.29, 1.82) is 0 Å². The maximum atomic E-state index is 12.6. The zero-order chi connectivity index (χ0) is 18.7. The minimum absolute atomic E-state index is 0.232. The monoisotopic (exact) mass is 357 g/mol. The molecule has 26 heavy (non-hydrogen) atoms. The number of para-hydroxylation sites is 1. The predicted molar refractivity (Wildman–Crippen MR) is 96.8 cm³/mol. The molecule has 1 saturated carbocycles. The summed E-state index contributed by atoms with van der Waals surface area (Å²) < 4.78 is 1.35. The van der Waals surface area contributed by atoms with Gasteiger partial charge < -0.3 is 10.4 Å². The highest BCUT2D eigenvalue weighted by molar-refractivity contribution is 5.81. The van der Waals surface area contributed by atoms with Gasteiger partial charge in [-0.2, -0.15) is 0 Å². The Morgan fingerprint density at radius 2 is 1.96 bits per heavy atom. The predicted octanol–water partition coefficient (Wildman–Crippen LogP) is 1.96. The van der Waals surface area contributed by atoms with Crippen LogP contribution in [0, 0.1) is 11.8 Å². The summed E-state index contributed by atoms with van der Waals surface area (Å²) in [6.45, 7) is 2.18. The summed E-state index contributed by atoms with van der Waals surface area (Å²) in [5.41, 5.74) is 0.372. The van der Waals surface area contributed by atoms with Crippen LogP contribution in [-0.2, 0) is 9.59 Å². The van der Waals surface area contributed by atoms with E-state index < -0.39 is 12.0 Å². The second-order valence-corrected chi connectivity index (χ2v) is 6.95. The highest BCUT2D eigenvalue weighted by Gasteiger charge is 2.26. The molecule has 0 saturated heterocycles. The molecule has 138 valence electrons. The van der Waals surface area contributed by atoms with E-state index in [1.54, 1.807) is 25.1 Å². The molecule has 3 rings (SSSR count). The average Bonchev–Trinajstić information content (AvgIpc) is 2.66. The first kappa shape index (κ1) is 18.1. The van der Waals surface area contributed by atoms with E-state index in [2.05, 4.69) is 10.3 Å². The molecular weight excluding hydrogens is 334 g/mol. The molecule has 0 spiro atoms. The van der Waals surface area contributed by atoms with E-state index in [0.717, 1.165) is 12.8 Å². The summed E-state index contributed by atoms with van der Waals surface area (Å²) in [4.78, 5) is 40.3. The van der Waals surface area contributed by atoms with Gasteiger partial charge in [-0.15, -0.1) is 0 Å². The summed E-state index contributed by atoms with van der Waals surface area (Å²) in [5, 5.41) is 12.4. The molecule has 2 aromatic rings. The Morgan fingerprint density at radius 1 is 1.27 bits per heavy atom. The highest BCUT2D eigenvalue weighted by Crippen LogP contribution is 2.28. The van der Waals surface area contributed by atoms with Gasteiger partial charge in [-0.1, -0.05) is 12.1 Å². The van der Waals surface area contributed by atoms with Gasteiger partial charge in [0.2, 0.25) is 5.91 Å². The van der Waals surface area contributed by atoms with Crippen molar-refractivity contribution in [3.05, 3.63) is 40.9 Å². The Kier molecular flexibility index (Phi) is 5.35. The van der Waals surface area contributed by atoms with Crippen LogP contribution in [0.15, 0.2) is 35.4 Å². The molecule has 0 radical (unpaired) electrons. The van der Waals surface area contributed by atoms with Crippen LogP contribution in [0.1, 0.15) is 38.6 Å². The summed E-state index contributed by atoms with van der Waals surface area (Å²) >= 11 is 0. The van der Waals surface area contributed by atoms with Crippen LogP contribution in [0.4, 0.5) is 0 Å². The largest absolute Gasteiger partial charge is 0.481 e. The summed E-state index contributed by atoms with van der Waals surface area (Å²) in [6, 6.07) is 6.39. The van der Waals surface area contributed by atoms with Crippen LogP contribution in [0.25, 0.3) is 10.9 Å². The molecule has 1 amide bonds. The maximum absolute atomic E-state index is 12.6. The molecule has 2 N–H and O–H groups in total. The minimum atomic E-state index is -0.732. The molecule has 1 atom stereocenters. The number of carboxylic acid groups (broad SMARTS) is 1. The number of carbonyl (C=O) groups excluding carboxylic acids is 1. The molecule has 1 heterocycles. The number of benzene rings is 1. The Labute approximate surface area is 151 Å². The standard InChI is InChI=1S/C19H23N3O4/c1-12(22-11-21-16-5-3-2-4-15(16)18(22)24)17(23)20-10-13-6-8-14(9-7-13)19(25)26/h2-5,11-14H,6-10H2,1H3,(H,20,23)(H,25,26)/t12-,13?,14?/m0/s1. The topological polar surface area (TPSA) is 101 Å². The van der Waals surface area contributed by atoms with Crippen LogP contribution in [0.3, 0.4) is 0 Å². The van der Waals surface area contributed by atoms with Gasteiger partial charge in [0.25, 0.3) is 5.56 Å². The molecule has 1 aromatic heterocycles. The number of hydrogen-bond donors (Lipinski definition) is 2. The fourth-order valence-corrected chi connectivity index (χ4v) is 3.49. The van der Waals surface area contributed by atoms with Crippen molar-refractivity contribution in [3.63, 3.8) is 0 Å². The van der Waals surface area contributed by atoms with Gasteiger partial charge in [0.15, 0.2) is 0 Å². The molecule has 7 heteroatoms. The van der Waals surface area contributed by atoms with Crippen molar-refractivity contribution in [2.75, 3.05) is 6.54 Å². The molecule has 1 aromatic carbocycles. The lowest BCUT2D eigenvalue weighted by molar-refractivity contribution is -0.143. The lowest BCUT2D eigenvalue weighted by Gasteiger charge is -2.26. The fraction of sp³-hybridized carbons (Fsp3) is 0.474. The van der Waals surface area contributed by atoms with E-state index in [9.17, 15) is 14.4 Å². The lowest BCUT2D eigenvalue weighted by Crippen LogP contribution is -2.39. The van der Waals surface area contributed by atoms with Gasteiger partial charge in [0.1, 0.15) is 6.04 Å². The van der Waals surface area contributed by atoms with E-state index in [1.807, 2.05) is 6.07 Å². The smallest absolute Gasteiger partial charge is 0.306 e. The summed E-state index contributed by atoms with van der Waals surface area (Å²) in [6.07, 6.45) is 4.30. The zero-order valence-electron chi connectivity index (χ0n) is 14.7. The quantitative estimate of drug-likeness (QED) is 0.852. The van der Waals surface area contributed by atoms with Gasteiger partial charge in [0.05, 0.1) is 23.1 Å². The first-order chi connectivity index (χ1) is 12.5. The molecule has 1 aliphatic rings. The third-order valence-electron chi connectivity index (χ3n) is 5.25. The van der Waals surface area contributed by atoms with Crippen molar-refractivity contribution < 1.29 is 14.7 Å². The number of aliphatic carboxylic acids is 1. The first-order valence-electron chi connectivity index (χ1n) is 8.93. The first-order valence-corrected chi connectivity index (χ1v) is 8.93. The van der Waals surface area contributed by atoms with E-state index >= 15 is 0 Å². The number of nitrogens with zero attached hydrogens (tertiary/aromatic N) is 2. The zero-order valence-corrected chi connectivity index (χ0v) is 14.7. The Hall–Kier alpha value is -2.70. The number of nitrogens with one attached hydrogen (secondary N) is 1. The maximum Gasteiger partial charge on any atom is 0.306 e. The molecule has 1 aliphatic carbocycles. The van der Waals surface area contributed by atoms with Crippen LogP contribution >= 0.6 is 0 Å². The number of rotatable bonds is 5. The summed E-state index contributed by atoms with van der Waals surface area (Å²) in [7, 11) is 0. The molecule has 1 fully saturated rings. The Morgan fingerprint density at radius 3 is 2.65 bits per heavy atom. The third-order valence-corrected chi connectivity index (χ3v) is 5.25. The Bertz CT molecular complexity index is 868. The molecule has 0 aliphatic heterocycles. The van der Waals surface area contributed by atoms with Crippen LogP contribution in [0.2, 0.25) is 0 Å². The average molecular weight is 357 g/mol. The van der Waals surface area contributed by atoms with Crippen molar-refractivity contribution >= 4 is 22.8 Å². The van der Waals surface area contributed by atoms with Crippen LogP contribution < -0.4 is 10.9 Å². The van der Waals surface area contributed by atoms with E-state index in [-0.39, 0.29) is 23.3 Å². The molecule has 0 unspecified atom stereocenters. The number of amides is 1. The number of aromatic nitrogens is 2. The lowest BCUT2D eigenvalue weighted by atomic mass is 9.82. The molecule has 0 bridgehead atoms. The van der Waals surface area contributed by atoms with Crippen molar-refractivity contribution in [1.82, 2.24) is 14.9 Å². The molecular formula is C19H23N3O4. The highest BCUT2D eigenvalue weighted by atomic mass is 16.4.